The summed E-state index contributed by atoms with van der Waals surface area (Å²) in [5.41, 5.74) is 9.65. The van der Waals surface area contributed by atoms with Gasteiger partial charge in [-0.25, -0.2) is 4.98 Å². The second kappa shape index (κ2) is 5.69. The van der Waals surface area contributed by atoms with E-state index in [0.29, 0.717) is 17.1 Å². The number of hydrogen-bond acceptors (Lipinski definition) is 5. The fourth-order valence-corrected chi connectivity index (χ4v) is 3.96. The van der Waals surface area contributed by atoms with Crippen molar-refractivity contribution >= 4 is 33.4 Å². The van der Waals surface area contributed by atoms with Crippen LogP contribution in [0.2, 0.25) is 0 Å². The number of benzene rings is 2. The smallest absolute Gasteiger partial charge is 0.251 e. The monoisotopic (exact) mass is 348 g/mol. The normalized spacial score (nSPS) is 14.0. The van der Waals surface area contributed by atoms with Gasteiger partial charge in [-0.2, -0.15) is 5.26 Å². The minimum Gasteiger partial charge on any atom is -0.368 e. The highest BCUT2D eigenvalue weighted by atomic mass is 32.1. The summed E-state index contributed by atoms with van der Waals surface area (Å²) in [5.74, 6) is -1.77. The summed E-state index contributed by atoms with van der Waals surface area (Å²) in [7, 11) is 0. The molecule has 2 heterocycles. The lowest BCUT2D eigenvalue weighted by molar-refractivity contribution is -0.118. The Kier molecular flexibility index (Phi) is 3.48. The van der Waals surface area contributed by atoms with Gasteiger partial charge in [0.05, 0.1) is 16.3 Å². The Balaban J connectivity index is 1.76. The number of carbonyl (C=O) groups is 2. The zero-order chi connectivity index (χ0) is 17.6. The zero-order valence-electron chi connectivity index (χ0n) is 12.9. The number of nitrogens with zero attached hydrogens (tertiary/aromatic N) is 2. The van der Waals surface area contributed by atoms with Gasteiger partial charge in [-0.1, -0.05) is 12.1 Å². The van der Waals surface area contributed by atoms with Crippen LogP contribution in [0.3, 0.4) is 0 Å². The molecule has 1 unspecified atom stereocenters. The van der Waals surface area contributed by atoms with E-state index in [4.69, 9.17) is 11.0 Å². The lowest BCUT2D eigenvalue weighted by atomic mass is 10.0. The summed E-state index contributed by atoms with van der Waals surface area (Å²) in [5, 5.41) is 12.3. The van der Waals surface area contributed by atoms with Crippen molar-refractivity contribution in [3.05, 3.63) is 52.5 Å². The molecule has 2 amide bonds. The Morgan fingerprint density at radius 3 is 2.80 bits per heavy atom. The first-order chi connectivity index (χ1) is 12.1. The molecule has 1 aliphatic heterocycles. The van der Waals surface area contributed by atoms with Gasteiger partial charge in [0, 0.05) is 12.1 Å². The van der Waals surface area contributed by atoms with Crippen LogP contribution in [0.25, 0.3) is 21.3 Å². The molecule has 0 aliphatic carbocycles. The van der Waals surface area contributed by atoms with Crippen molar-refractivity contribution in [3.8, 4) is 17.2 Å². The van der Waals surface area contributed by atoms with E-state index >= 15 is 0 Å². The summed E-state index contributed by atoms with van der Waals surface area (Å²) < 4.78 is 0.878. The third-order valence-corrected chi connectivity index (χ3v) is 5.27. The molecule has 3 aromatic rings. The van der Waals surface area contributed by atoms with Gasteiger partial charge in [0.25, 0.3) is 5.91 Å². The standard InChI is InChI=1S/C18H12N4O2S/c19-7-13(16(20)23)18-22-14-4-2-10(6-15(14)25-18)9-1-3-12-11(5-9)8-21-17(12)24/h1-6,13H,8H2,(H2,20,23)(H,21,24). The minimum absolute atomic E-state index is 0.0434. The van der Waals surface area contributed by atoms with Crippen LogP contribution in [0.1, 0.15) is 26.8 Å². The van der Waals surface area contributed by atoms with Crippen LogP contribution in [-0.2, 0) is 11.3 Å². The van der Waals surface area contributed by atoms with Crippen LogP contribution in [0.15, 0.2) is 36.4 Å². The summed E-state index contributed by atoms with van der Waals surface area (Å²) in [6, 6.07) is 13.4. The molecule has 0 saturated carbocycles. The number of aromatic nitrogens is 1. The first-order valence-electron chi connectivity index (χ1n) is 7.58. The molecule has 1 aromatic heterocycles. The Labute approximate surface area is 146 Å². The molecule has 0 radical (unpaired) electrons. The van der Waals surface area contributed by atoms with E-state index in [2.05, 4.69) is 10.3 Å². The highest BCUT2D eigenvalue weighted by Crippen LogP contribution is 2.32. The average Bonchev–Trinajstić information content (AvgIpc) is 3.18. The number of rotatable bonds is 3. The minimum atomic E-state index is -1.03. The first kappa shape index (κ1) is 15.3. The topological polar surface area (TPSA) is 109 Å². The van der Waals surface area contributed by atoms with Gasteiger partial charge in [-0.05, 0) is 41.0 Å². The van der Waals surface area contributed by atoms with Crippen LogP contribution >= 0.6 is 11.3 Å². The molecule has 7 heteroatoms. The van der Waals surface area contributed by atoms with Crippen LogP contribution < -0.4 is 11.1 Å². The van der Waals surface area contributed by atoms with Crippen molar-refractivity contribution in [2.75, 3.05) is 0 Å². The maximum Gasteiger partial charge on any atom is 0.251 e. The molecule has 0 bridgehead atoms. The predicted molar refractivity (Wildman–Crippen MR) is 93.8 cm³/mol. The number of hydrogen-bond donors (Lipinski definition) is 2. The van der Waals surface area contributed by atoms with Crippen molar-refractivity contribution in [2.45, 2.75) is 12.5 Å². The SMILES string of the molecule is N#CC(C(N)=O)c1nc2ccc(-c3ccc4c(c3)CNC4=O)cc2s1. The highest BCUT2D eigenvalue weighted by molar-refractivity contribution is 7.18. The molecule has 1 atom stereocenters. The number of carbonyl (C=O) groups excluding carboxylic acids is 2. The molecule has 122 valence electrons. The lowest BCUT2D eigenvalue weighted by Gasteiger charge is -2.04. The largest absolute Gasteiger partial charge is 0.368 e. The Hall–Kier alpha value is -3.24. The maximum absolute atomic E-state index is 11.7. The van der Waals surface area contributed by atoms with Crippen molar-refractivity contribution in [2.24, 2.45) is 5.73 Å². The van der Waals surface area contributed by atoms with Crippen LogP contribution in [0.5, 0.6) is 0 Å². The zero-order valence-corrected chi connectivity index (χ0v) is 13.8. The summed E-state index contributed by atoms with van der Waals surface area (Å²) in [6.45, 7) is 0.539. The van der Waals surface area contributed by atoms with Crippen molar-refractivity contribution in [3.63, 3.8) is 0 Å². The first-order valence-corrected chi connectivity index (χ1v) is 8.39. The maximum atomic E-state index is 11.7. The van der Waals surface area contributed by atoms with Gasteiger partial charge in [0.1, 0.15) is 5.01 Å². The number of amides is 2. The molecular weight excluding hydrogens is 336 g/mol. The van der Waals surface area contributed by atoms with Crippen LogP contribution in [0.4, 0.5) is 0 Å². The molecular formula is C18H12N4O2S. The number of thiazole rings is 1. The highest BCUT2D eigenvalue weighted by Gasteiger charge is 2.22. The fraction of sp³-hybridized carbons (Fsp3) is 0.111. The number of nitriles is 1. The third kappa shape index (κ3) is 2.53. The van der Waals surface area contributed by atoms with Gasteiger partial charge in [0.15, 0.2) is 5.92 Å². The van der Waals surface area contributed by atoms with Gasteiger partial charge >= 0.3 is 0 Å². The summed E-state index contributed by atoms with van der Waals surface area (Å²) in [4.78, 5) is 27.4. The molecule has 1 aliphatic rings. The summed E-state index contributed by atoms with van der Waals surface area (Å²) in [6.07, 6.45) is 0. The van der Waals surface area contributed by atoms with E-state index in [0.717, 1.165) is 26.9 Å². The van der Waals surface area contributed by atoms with Gasteiger partial charge in [-0.3, -0.25) is 9.59 Å². The van der Waals surface area contributed by atoms with E-state index in [-0.39, 0.29) is 5.91 Å². The number of primary amides is 1. The molecule has 3 N–H and O–H groups in total. The fourth-order valence-electron chi connectivity index (χ4n) is 2.90. The molecule has 6 nitrogen and oxygen atoms in total. The van der Waals surface area contributed by atoms with E-state index in [9.17, 15) is 9.59 Å². The quantitative estimate of drug-likeness (QED) is 0.757. The van der Waals surface area contributed by atoms with Crippen molar-refractivity contribution in [1.82, 2.24) is 10.3 Å². The predicted octanol–water partition coefficient (Wildman–Crippen LogP) is 2.30. The number of nitrogens with two attached hydrogens (primary N) is 1. The van der Waals surface area contributed by atoms with E-state index in [1.807, 2.05) is 42.5 Å². The van der Waals surface area contributed by atoms with Crippen molar-refractivity contribution < 1.29 is 9.59 Å². The lowest BCUT2D eigenvalue weighted by Crippen LogP contribution is -2.19. The molecule has 2 aromatic carbocycles. The number of nitrogens with one attached hydrogen (secondary N) is 1. The molecule has 0 saturated heterocycles. The van der Waals surface area contributed by atoms with Gasteiger partial charge in [-0.15, -0.1) is 11.3 Å². The van der Waals surface area contributed by atoms with E-state index < -0.39 is 11.8 Å². The third-order valence-electron chi connectivity index (χ3n) is 4.19. The van der Waals surface area contributed by atoms with Gasteiger partial charge in [0.2, 0.25) is 5.91 Å². The van der Waals surface area contributed by atoms with E-state index in [1.54, 1.807) is 0 Å². The Morgan fingerprint density at radius 2 is 2.04 bits per heavy atom. The Morgan fingerprint density at radius 1 is 1.28 bits per heavy atom. The van der Waals surface area contributed by atoms with E-state index in [1.165, 1.54) is 11.3 Å². The molecule has 4 rings (SSSR count). The van der Waals surface area contributed by atoms with Crippen LogP contribution in [-0.4, -0.2) is 16.8 Å². The second-order valence-corrected chi connectivity index (χ2v) is 6.82. The number of fused-ring (bicyclic) bond motifs is 2. The Bertz CT molecular complexity index is 1080. The second-order valence-electron chi connectivity index (χ2n) is 5.75. The molecule has 25 heavy (non-hydrogen) atoms. The average molecular weight is 348 g/mol. The van der Waals surface area contributed by atoms with Gasteiger partial charge < -0.3 is 11.1 Å². The molecule has 0 fully saturated rings. The molecule has 0 spiro atoms. The summed E-state index contributed by atoms with van der Waals surface area (Å²) >= 11 is 1.29. The van der Waals surface area contributed by atoms with Crippen molar-refractivity contribution in [1.29, 1.82) is 5.26 Å². The van der Waals surface area contributed by atoms with Crippen LogP contribution in [0, 0.1) is 11.3 Å².